The van der Waals surface area contributed by atoms with Crippen molar-refractivity contribution in [3.05, 3.63) is 51.3 Å². The van der Waals surface area contributed by atoms with Crippen molar-refractivity contribution in [3.63, 3.8) is 0 Å². The van der Waals surface area contributed by atoms with Crippen LogP contribution in [0.25, 0.3) is 10.2 Å². The standard InChI is InChI=1S/C17H14FN5OS/c1-8-9(2)22-23-17-13(8)14(20)15(25-17)16(24)21-7-10-3-4-11(6-19)12(18)5-10/h3-5H,7,20H2,1-2H3,(H,21,24). The maximum absolute atomic E-state index is 13.6. The van der Waals surface area contributed by atoms with Crippen molar-refractivity contribution in [2.75, 3.05) is 5.73 Å². The number of nitrogens with zero attached hydrogens (tertiary/aromatic N) is 3. The van der Waals surface area contributed by atoms with Crippen molar-refractivity contribution in [1.29, 1.82) is 5.26 Å². The predicted octanol–water partition coefficient (Wildman–Crippen LogP) is 2.83. The Kier molecular flexibility index (Phi) is 4.33. The molecule has 0 fully saturated rings. The highest BCUT2D eigenvalue weighted by molar-refractivity contribution is 7.21. The third-order valence-corrected chi connectivity index (χ3v) is 5.04. The molecular weight excluding hydrogens is 341 g/mol. The average molecular weight is 355 g/mol. The summed E-state index contributed by atoms with van der Waals surface area (Å²) in [4.78, 5) is 13.4. The number of benzene rings is 1. The molecule has 1 aromatic carbocycles. The lowest BCUT2D eigenvalue weighted by Gasteiger charge is -2.05. The molecule has 126 valence electrons. The van der Waals surface area contributed by atoms with E-state index in [0.717, 1.165) is 16.6 Å². The van der Waals surface area contributed by atoms with Crippen molar-refractivity contribution < 1.29 is 9.18 Å². The maximum atomic E-state index is 13.6. The molecule has 0 unspecified atom stereocenters. The van der Waals surface area contributed by atoms with Crippen LogP contribution < -0.4 is 11.1 Å². The molecule has 0 aliphatic rings. The number of amides is 1. The second-order valence-corrected chi connectivity index (χ2v) is 6.54. The van der Waals surface area contributed by atoms with E-state index in [4.69, 9.17) is 11.0 Å². The molecule has 3 rings (SSSR count). The molecule has 2 heterocycles. The highest BCUT2D eigenvalue weighted by Gasteiger charge is 2.19. The van der Waals surface area contributed by atoms with Gasteiger partial charge in [0.05, 0.1) is 16.9 Å². The molecule has 3 N–H and O–H groups in total. The Labute approximate surface area is 147 Å². The van der Waals surface area contributed by atoms with Gasteiger partial charge in [0.2, 0.25) is 0 Å². The van der Waals surface area contributed by atoms with E-state index in [-0.39, 0.29) is 18.0 Å². The van der Waals surface area contributed by atoms with Gasteiger partial charge in [-0.3, -0.25) is 4.79 Å². The second-order valence-electron chi connectivity index (χ2n) is 5.54. The normalized spacial score (nSPS) is 10.6. The van der Waals surface area contributed by atoms with Crippen LogP contribution in [0, 0.1) is 31.0 Å². The molecule has 8 heteroatoms. The fraction of sp³-hybridized carbons (Fsp3) is 0.176. The number of thiophene rings is 1. The Morgan fingerprint density at radius 2 is 2.16 bits per heavy atom. The van der Waals surface area contributed by atoms with E-state index >= 15 is 0 Å². The summed E-state index contributed by atoms with van der Waals surface area (Å²) < 4.78 is 13.6. The van der Waals surface area contributed by atoms with Crippen molar-refractivity contribution in [3.8, 4) is 6.07 Å². The van der Waals surface area contributed by atoms with E-state index < -0.39 is 5.82 Å². The van der Waals surface area contributed by atoms with Crippen LogP contribution in [0.3, 0.4) is 0 Å². The number of nitrogen functional groups attached to an aromatic ring is 1. The zero-order chi connectivity index (χ0) is 18.1. The van der Waals surface area contributed by atoms with Crippen molar-refractivity contribution in [2.24, 2.45) is 0 Å². The number of fused-ring (bicyclic) bond motifs is 1. The predicted molar refractivity (Wildman–Crippen MR) is 93.6 cm³/mol. The molecule has 0 aliphatic carbocycles. The minimum atomic E-state index is -0.614. The van der Waals surface area contributed by atoms with Crippen LogP contribution in [-0.4, -0.2) is 16.1 Å². The van der Waals surface area contributed by atoms with Gasteiger partial charge in [-0.2, -0.15) is 10.4 Å². The van der Waals surface area contributed by atoms with E-state index in [9.17, 15) is 9.18 Å². The van der Waals surface area contributed by atoms with Gasteiger partial charge in [-0.05, 0) is 37.1 Å². The van der Waals surface area contributed by atoms with Gasteiger partial charge in [-0.1, -0.05) is 6.07 Å². The summed E-state index contributed by atoms with van der Waals surface area (Å²) in [5, 5.41) is 20.3. The number of nitrogens with one attached hydrogen (secondary N) is 1. The Bertz CT molecular complexity index is 1040. The molecule has 0 atom stereocenters. The first-order valence-corrected chi connectivity index (χ1v) is 8.22. The molecule has 0 radical (unpaired) electrons. The summed E-state index contributed by atoms with van der Waals surface area (Å²) in [6.45, 7) is 3.84. The number of anilines is 1. The molecule has 0 aliphatic heterocycles. The first-order valence-electron chi connectivity index (χ1n) is 7.41. The summed E-state index contributed by atoms with van der Waals surface area (Å²) in [6, 6.07) is 5.96. The third-order valence-electron chi connectivity index (χ3n) is 3.95. The second kappa shape index (κ2) is 6.45. The first-order chi connectivity index (χ1) is 11.9. The van der Waals surface area contributed by atoms with Gasteiger partial charge in [0.25, 0.3) is 5.91 Å². The fourth-order valence-corrected chi connectivity index (χ4v) is 3.45. The van der Waals surface area contributed by atoms with E-state index in [1.54, 1.807) is 12.1 Å². The number of rotatable bonds is 3. The zero-order valence-corrected chi connectivity index (χ0v) is 14.4. The number of halogens is 1. The molecule has 2 aromatic heterocycles. The number of aryl methyl sites for hydroxylation is 2. The summed E-state index contributed by atoms with van der Waals surface area (Å²) in [7, 11) is 0. The van der Waals surface area contributed by atoms with Crippen molar-refractivity contribution in [1.82, 2.24) is 15.5 Å². The average Bonchev–Trinajstić information content (AvgIpc) is 2.93. The summed E-state index contributed by atoms with van der Waals surface area (Å²) >= 11 is 1.17. The van der Waals surface area contributed by atoms with Gasteiger partial charge >= 0.3 is 0 Å². The highest BCUT2D eigenvalue weighted by Crippen LogP contribution is 2.34. The van der Waals surface area contributed by atoms with Gasteiger partial charge in [-0.25, -0.2) is 4.39 Å². The third kappa shape index (κ3) is 3.02. The van der Waals surface area contributed by atoms with Gasteiger partial charge in [0.15, 0.2) is 0 Å². The molecule has 0 spiro atoms. The van der Waals surface area contributed by atoms with Gasteiger partial charge in [0.1, 0.15) is 21.6 Å². The minimum absolute atomic E-state index is 0.0340. The molecule has 0 bridgehead atoms. The van der Waals surface area contributed by atoms with Gasteiger partial charge in [0, 0.05) is 11.9 Å². The lowest BCUT2D eigenvalue weighted by atomic mass is 10.1. The molecule has 0 saturated carbocycles. The summed E-state index contributed by atoms with van der Waals surface area (Å²) in [5.74, 6) is -0.973. The smallest absolute Gasteiger partial charge is 0.263 e. The highest BCUT2D eigenvalue weighted by atomic mass is 32.1. The fourth-order valence-electron chi connectivity index (χ4n) is 2.43. The largest absolute Gasteiger partial charge is 0.397 e. The monoisotopic (exact) mass is 355 g/mol. The maximum Gasteiger partial charge on any atom is 0.263 e. The number of nitriles is 1. The van der Waals surface area contributed by atoms with E-state index in [2.05, 4.69) is 15.5 Å². The van der Waals surface area contributed by atoms with Crippen LogP contribution in [0.1, 0.15) is 32.1 Å². The van der Waals surface area contributed by atoms with Crippen LogP contribution in [0.4, 0.5) is 10.1 Å². The van der Waals surface area contributed by atoms with Crippen LogP contribution in [0.5, 0.6) is 0 Å². The molecular formula is C17H14FN5OS. The molecule has 3 aromatic rings. The number of nitrogens with two attached hydrogens (primary N) is 1. The molecule has 6 nitrogen and oxygen atoms in total. The summed E-state index contributed by atoms with van der Waals surface area (Å²) in [6.07, 6.45) is 0. The van der Waals surface area contributed by atoms with E-state index in [1.807, 2.05) is 13.8 Å². The van der Waals surface area contributed by atoms with Crippen LogP contribution >= 0.6 is 11.3 Å². The lowest BCUT2D eigenvalue weighted by molar-refractivity contribution is 0.0955. The Morgan fingerprint density at radius 3 is 2.84 bits per heavy atom. The number of carbonyl (C=O) groups is 1. The number of aromatic nitrogens is 2. The van der Waals surface area contributed by atoms with Crippen LogP contribution in [0.15, 0.2) is 18.2 Å². The number of hydrogen-bond acceptors (Lipinski definition) is 6. The van der Waals surface area contributed by atoms with Gasteiger partial charge in [-0.15, -0.1) is 16.4 Å². The van der Waals surface area contributed by atoms with E-state index in [0.29, 0.717) is 21.0 Å². The minimum Gasteiger partial charge on any atom is -0.397 e. The lowest BCUT2D eigenvalue weighted by Crippen LogP contribution is -2.22. The number of carbonyl (C=O) groups excluding carboxylic acids is 1. The first kappa shape index (κ1) is 16.8. The molecule has 1 amide bonds. The van der Waals surface area contributed by atoms with E-state index in [1.165, 1.54) is 23.5 Å². The van der Waals surface area contributed by atoms with Crippen molar-refractivity contribution in [2.45, 2.75) is 20.4 Å². The Morgan fingerprint density at radius 1 is 1.40 bits per heavy atom. The van der Waals surface area contributed by atoms with Gasteiger partial charge < -0.3 is 11.1 Å². The van der Waals surface area contributed by atoms with Crippen molar-refractivity contribution >= 4 is 33.1 Å². The summed E-state index contributed by atoms with van der Waals surface area (Å²) in [5.41, 5.74) is 8.68. The quantitative estimate of drug-likeness (QED) is 0.752. The topological polar surface area (TPSA) is 105 Å². The van der Waals surface area contributed by atoms with Crippen LogP contribution in [0.2, 0.25) is 0 Å². The molecule has 0 saturated heterocycles. The Hall–Kier alpha value is -3.05. The zero-order valence-electron chi connectivity index (χ0n) is 13.6. The SMILES string of the molecule is Cc1nnc2sc(C(=O)NCc3ccc(C#N)c(F)c3)c(N)c2c1C. The number of hydrogen-bond donors (Lipinski definition) is 2. The van der Waals surface area contributed by atoms with Crippen LogP contribution in [-0.2, 0) is 6.54 Å². The Balaban J connectivity index is 1.83. The molecule has 25 heavy (non-hydrogen) atoms.